The third-order valence-electron chi connectivity index (χ3n) is 7.29. The van der Waals surface area contributed by atoms with Crippen LogP contribution in [-0.4, -0.2) is 67.7 Å². The second kappa shape index (κ2) is 17.5. The molecule has 5 heteroatoms. The number of allylic oxidation sites excluding steroid dienone is 1. The van der Waals surface area contributed by atoms with Crippen molar-refractivity contribution in [3.63, 3.8) is 0 Å². The lowest BCUT2D eigenvalue weighted by Crippen LogP contribution is -2.31. The standard InChI is InChI=1S/C20H24N2O2.C9H21N.C2H6/c23-10-9-22-14-17(13-19(22)5-4-18-2-1-8-21-18)15-3-6-20-16(12-15)7-11-24-20;1-4-6-8-10(3)9-7-5-2;1-2/h1,3,6,8,10,12,17,19H,2,4-5,7,9,11,13-14H2;4-9H2,1-3H3;1-2H3. The predicted molar refractivity (Wildman–Crippen MR) is 154 cm³/mol. The summed E-state index contributed by atoms with van der Waals surface area (Å²) in [6, 6.07) is 7.13. The van der Waals surface area contributed by atoms with Gasteiger partial charge in [0.1, 0.15) is 12.0 Å². The third-order valence-corrected chi connectivity index (χ3v) is 7.29. The maximum atomic E-state index is 11.1. The van der Waals surface area contributed by atoms with Crippen molar-refractivity contribution in [1.29, 1.82) is 0 Å². The fourth-order valence-electron chi connectivity index (χ4n) is 5.17. The Labute approximate surface area is 221 Å². The topological polar surface area (TPSA) is 45.1 Å². The van der Waals surface area contributed by atoms with E-state index in [4.69, 9.17) is 4.74 Å². The number of aldehydes is 1. The third kappa shape index (κ3) is 9.82. The maximum Gasteiger partial charge on any atom is 0.133 e. The van der Waals surface area contributed by atoms with E-state index in [1.54, 1.807) is 0 Å². The number of aliphatic imine (C=N–C) groups is 1. The number of fused-ring (bicyclic) bond motifs is 1. The van der Waals surface area contributed by atoms with Crippen molar-refractivity contribution < 1.29 is 9.53 Å². The highest BCUT2D eigenvalue weighted by molar-refractivity contribution is 5.88. The number of benzene rings is 1. The number of ether oxygens (including phenoxy) is 1. The zero-order chi connectivity index (χ0) is 26.2. The van der Waals surface area contributed by atoms with E-state index >= 15 is 0 Å². The summed E-state index contributed by atoms with van der Waals surface area (Å²) in [7, 11) is 2.21. The fourth-order valence-corrected chi connectivity index (χ4v) is 5.17. The Hall–Kier alpha value is -1.98. The summed E-state index contributed by atoms with van der Waals surface area (Å²) in [5, 5.41) is 0. The molecule has 0 bridgehead atoms. The van der Waals surface area contributed by atoms with Crippen LogP contribution in [0.3, 0.4) is 0 Å². The van der Waals surface area contributed by atoms with Gasteiger partial charge in [-0.05, 0) is 75.4 Å². The molecule has 36 heavy (non-hydrogen) atoms. The quantitative estimate of drug-likeness (QED) is 0.303. The molecular formula is C31H51N3O2. The Bertz CT molecular complexity index is 812. The van der Waals surface area contributed by atoms with Crippen molar-refractivity contribution in [3.8, 4) is 5.75 Å². The molecule has 2 atom stereocenters. The van der Waals surface area contributed by atoms with Gasteiger partial charge in [-0.1, -0.05) is 58.7 Å². The van der Waals surface area contributed by atoms with Gasteiger partial charge >= 0.3 is 0 Å². The normalized spacial score (nSPS) is 20.2. The average molecular weight is 498 g/mol. The van der Waals surface area contributed by atoms with Gasteiger partial charge in [-0.25, -0.2) is 0 Å². The highest BCUT2D eigenvalue weighted by atomic mass is 16.5. The van der Waals surface area contributed by atoms with Gasteiger partial charge in [0.2, 0.25) is 0 Å². The Morgan fingerprint density at radius 1 is 1.17 bits per heavy atom. The zero-order valence-electron chi connectivity index (χ0n) is 23.7. The summed E-state index contributed by atoms with van der Waals surface area (Å²) < 4.78 is 5.62. The van der Waals surface area contributed by atoms with Crippen LogP contribution in [0.4, 0.5) is 0 Å². The molecule has 4 rings (SSSR count). The summed E-state index contributed by atoms with van der Waals surface area (Å²) in [5.74, 6) is 1.56. The lowest BCUT2D eigenvalue weighted by atomic mass is 9.93. The van der Waals surface area contributed by atoms with Crippen LogP contribution < -0.4 is 4.74 Å². The number of carbonyl (C=O) groups excluding carboxylic acids is 1. The van der Waals surface area contributed by atoms with Gasteiger partial charge in [-0.3, -0.25) is 9.89 Å². The number of unbranched alkanes of at least 4 members (excludes halogenated alkanes) is 2. The molecule has 0 radical (unpaired) electrons. The minimum absolute atomic E-state index is 0.480. The van der Waals surface area contributed by atoms with E-state index in [2.05, 4.69) is 60.0 Å². The van der Waals surface area contributed by atoms with Gasteiger partial charge in [-0.15, -0.1) is 0 Å². The van der Waals surface area contributed by atoms with E-state index in [1.807, 2.05) is 20.0 Å². The molecule has 202 valence electrons. The lowest BCUT2D eigenvalue weighted by Gasteiger charge is -2.21. The molecule has 5 nitrogen and oxygen atoms in total. The van der Waals surface area contributed by atoms with Gasteiger partial charge < -0.3 is 14.4 Å². The molecule has 0 amide bonds. The van der Waals surface area contributed by atoms with Crippen molar-refractivity contribution in [3.05, 3.63) is 41.6 Å². The van der Waals surface area contributed by atoms with Crippen LogP contribution in [-0.2, 0) is 11.2 Å². The molecule has 2 unspecified atom stereocenters. The molecule has 1 aromatic carbocycles. The van der Waals surface area contributed by atoms with Gasteiger partial charge in [-0.2, -0.15) is 0 Å². The first kappa shape index (κ1) is 30.2. The first-order valence-electron chi connectivity index (χ1n) is 14.5. The number of nitrogens with zero attached hydrogens (tertiary/aromatic N) is 3. The molecule has 3 aliphatic rings. The molecule has 0 aromatic heterocycles. The lowest BCUT2D eigenvalue weighted by molar-refractivity contribution is -0.109. The molecule has 0 saturated carbocycles. The minimum Gasteiger partial charge on any atom is -0.493 e. The van der Waals surface area contributed by atoms with Crippen LogP contribution in [0, 0.1) is 0 Å². The smallest absolute Gasteiger partial charge is 0.133 e. The van der Waals surface area contributed by atoms with E-state index in [-0.39, 0.29) is 0 Å². The summed E-state index contributed by atoms with van der Waals surface area (Å²) >= 11 is 0. The van der Waals surface area contributed by atoms with Crippen LogP contribution >= 0.6 is 0 Å². The maximum absolute atomic E-state index is 11.1. The molecule has 1 saturated heterocycles. The van der Waals surface area contributed by atoms with E-state index in [9.17, 15) is 4.79 Å². The van der Waals surface area contributed by atoms with Crippen molar-refractivity contribution in [1.82, 2.24) is 9.80 Å². The van der Waals surface area contributed by atoms with E-state index in [0.29, 0.717) is 18.5 Å². The second-order valence-corrected chi connectivity index (χ2v) is 10.0. The summed E-state index contributed by atoms with van der Waals surface area (Å²) in [4.78, 5) is 20.3. The Balaban J connectivity index is 0.000000324. The SMILES string of the molecule is CC.CCCCN(C)CCCC.O=CCN1CC(c2ccc3c(c2)CCO3)CC1CCC1=NC=CC1. The monoisotopic (exact) mass is 497 g/mol. The Morgan fingerprint density at radius 2 is 1.92 bits per heavy atom. The average Bonchev–Trinajstić information content (AvgIpc) is 3.67. The fraction of sp³-hybridized carbons (Fsp3) is 0.677. The number of hydrogen-bond donors (Lipinski definition) is 0. The highest BCUT2D eigenvalue weighted by Gasteiger charge is 2.33. The van der Waals surface area contributed by atoms with Crippen molar-refractivity contribution >= 4 is 12.0 Å². The number of likely N-dealkylation sites (tertiary alicyclic amines) is 1. The van der Waals surface area contributed by atoms with E-state index in [1.165, 1.54) is 55.6 Å². The molecule has 1 fully saturated rings. The summed E-state index contributed by atoms with van der Waals surface area (Å²) in [6.45, 7) is 13.4. The second-order valence-electron chi connectivity index (χ2n) is 10.0. The van der Waals surface area contributed by atoms with Crippen molar-refractivity contribution in [2.75, 3.05) is 39.8 Å². The van der Waals surface area contributed by atoms with Crippen LogP contribution in [0.2, 0.25) is 0 Å². The molecule has 0 aliphatic carbocycles. The van der Waals surface area contributed by atoms with Crippen molar-refractivity contribution in [2.24, 2.45) is 4.99 Å². The number of carbonyl (C=O) groups is 1. The van der Waals surface area contributed by atoms with Crippen LogP contribution in [0.5, 0.6) is 5.75 Å². The molecule has 3 heterocycles. The minimum atomic E-state index is 0.480. The molecule has 0 N–H and O–H groups in total. The first-order valence-corrected chi connectivity index (χ1v) is 14.5. The summed E-state index contributed by atoms with van der Waals surface area (Å²) in [6.07, 6.45) is 15.7. The van der Waals surface area contributed by atoms with Gasteiger partial charge in [0.25, 0.3) is 0 Å². The Kier molecular flexibility index (Phi) is 14.7. The van der Waals surface area contributed by atoms with Crippen LogP contribution in [0.15, 0.2) is 35.5 Å². The molecule has 0 spiro atoms. The van der Waals surface area contributed by atoms with E-state index < -0.39 is 0 Å². The van der Waals surface area contributed by atoms with Gasteiger partial charge in [0, 0.05) is 37.3 Å². The van der Waals surface area contributed by atoms with Gasteiger partial charge in [0.15, 0.2) is 0 Å². The highest BCUT2D eigenvalue weighted by Crippen LogP contribution is 2.36. The zero-order valence-corrected chi connectivity index (χ0v) is 23.7. The van der Waals surface area contributed by atoms with E-state index in [0.717, 1.165) is 57.3 Å². The first-order chi connectivity index (χ1) is 17.6. The summed E-state index contributed by atoms with van der Waals surface area (Å²) in [5.41, 5.74) is 4.01. The molecule has 1 aromatic rings. The van der Waals surface area contributed by atoms with Crippen LogP contribution in [0.25, 0.3) is 0 Å². The number of hydrogen-bond acceptors (Lipinski definition) is 5. The van der Waals surface area contributed by atoms with Crippen LogP contribution in [0.1, 0.15) is 96.1 Å². The molecular weight excluding hydrogens is 446 g/mol. The van der Waals surface area contributed by atoms with Crippen molar-refractivity contribution in [2.45, 2.75) is 97.4 Å². The Morgan fingerprint density at radius 3 is 2.56 bits per heavy atom. The largest absolute Gasteiger partial charge is 0.493 e. The number of rotatable bonds is 12. The van der Waals surface area contributed by atoms with Gasteiger partial charge in [0.05, 0.1) is 13.2 Å². The predicted octanol–water partition coefficient (Wildman–Crippen LogP) is 6.66. The molecule has 3 aliphatic heterocycles.